The van der Waals surface area contributed by atoms with E-state index in [4.69, 9.17) is 21.3 Å². The highest BCUT2D eigenvalue weighted by atomic mass is 35.5. The summed E-state index contributed by atoms with van der Waals surface area (Å²) in [5.41, 5.74) is 1.58. The van der Waals surface area contributed by atoms with Crippen molar-refractivity contribution < 1.29 is 17.5 Å². The van der Waals surface area contributed by atoms with E-state index < -0.39 is 9.84 Å². The van der Waals surface area contributed by atoms with Crippen LogP contribution in [-0.4, -0.2) is 44.3 Å². The predicted molar refractivity (Wildman–Crippen MR) is 112 cm³/mol. The second-order valence-corrected chi connectivity index (χ2v) is 10.2. The quantitative estimate of drug-likeness (QED) is 0.724. The van der Waals surface area contributed by atoms with Gasteiger partial charge in [-0.2, -0.15) is 0 Å². The molecule has 0 amide bonds. The van der Waals surface area contributed by atoms with Crippen molar-refractivity contribution in [2.75, 3.05) is 23.5 Å². The number of fused-ring (bicyclic) bond motifs is 1. The monoisotopic (exact) mass is 440 g/mol. The van der Waals surface area contributed by atoms with Crippen molar-refractivity contribution in [1.29, 1.82) is 0 Å². The molecule has 2 aromatic carbocycles. The minimum absolute atomic E-state index is 0.0463. The summed E-state index contributed by atoms with van der Waals surface area (Å²) in [5.74, 6) is 0.869. The van der Waals surface area contributed by atoms with Crippen LogP contribution >= 0.6 is 23.4 Å². The van der Waals surface area contributed by atoms with Gasteiger partial charge in [0.2, 0.25) is 0 Å². The minimum atomic E-state index is -3.13. The standard InChI is InChI=1S/C19H18ClFN2O3S2/c1-26-18-5-3-2-4-16(18)23-17-11-28(24,25)10-15(17)22-19(23)27-9-12-6-7-13(21)8-14(12)20/h2-8,15,17H,9-11H2,1H3. The van der Waals surface area contributed by atoms with Gasteiger partial charge < -0.3 is 9.64 Å². The summed E-state index contributed by atoms with van der Waals surface area (Å²) < 4.78 is 43.1. The van der Waals surface area contributed by atoms with E-state index in [1.807, 2.05) is 29.2 Å². The Balaban J connectivity index is 1.66. The van der Waals surface area contributed by atoms with E-state index in [-0.39, 0.29) is 29.4 Å². The number of sulfone groups is 1. The molecule has 148 valence electrons. The fraction of sp³-hybridized carbons (Fsp3) is 0.316. The van der Waals surface area contributed by atoms with Crippen LogP contribution in [-0.2, 0) is 15.6 Å². The number of methoxy groups -OCH3 is 1. The highest BCUT2D eigenvalue weighted by Crippen LogP contribution is 2.40. The summed E-state index contributed by atoms with van der Waals surface area (Å²) in [6.45, 7) is 0. The molecule has 0 saturated carbocycles. The van der Waals surface area contributed by atoms with Crippen molar-refractivity contribution in [3.63, 3.8) is 0 Å². The number of rotatable bonds is 4. The van der Waals surface area contributed by atoms with Crippen LogP contribution in [0.3, 0.4) is 0 Å². The van der Waals surface area contributed by atoms with E-state index in [2.05, 4.69) is 0 Å². The molecular formula is C19H18ClFN2O3S2. The Kier molecular flexibility index (Phi) is 5.28. The SMILES string of the molecule is COc1ccccc1N1C(SCc2ccc(F)cc2Cl)=NC2CS(=O)(=O)CC21. The molecule has 5 nitrogen and oxygen atoms in total. The number of benzene rings is 2. The summed E-state index contributed by atoms with van der Waals surface area (Å²) in [5, 5.41) is 1.08. The van der Waals surface area contributed by atoms with E-state index in [1.165, 1.54) is 23.9 Å². The molecule has 4 rings (SSSR count). The summed E-state index contributed by atoms with van der Waals surface area (Å²) in [6, 6.07) is 11.2. The smallest absolute Gasteiger partial charge is 0.164 e. The number of aliphatic imine (C=N–C) groups is 1. The van der Waals surface area contributed by atoms with Crippen LogP contribution in [0.2, 0.25) is 5.02 Å². The summed E-state index contributed by atoms with van der Waals surface area (Å²) in [7, 11) is -1.55. The third-order valence-electron chi connectivity index (χ3n) is 4.82. The zero-order chi connectivity index (χ0) is 19.9. The number of hydrogen-bond donors (Lipinski definition) is 0. The maximum atomic E-state index is 13.3. The normalized spacial score (nSPS) is 22.8. The number of hydrogen-bond acceptors (Lipinski definition) is 6. The average Bonchev–Trinajstić information content (AvgIpc) is 3.12. The molecule has 28 heavy (non-hydrogen) atoms. The number of ether oxygens (including phenoxy) is 1. The molecule has 0 spiro atoms. The van der Waals surface area contributed by atoms with Crippen molar-refractivity contribution >= 4 is 44.1 Å². The maximum Gasteiger partial charge on any atom is 0.164 e. The molecule has 1 fully saturated rings. The first-order valence-electron chi connectivity index (χ1n) is 8.65. The fourth-order valence-corrected chi connectivity index (χ4v) is 6.80. The van der Waals surface area contributed by atoms with Crippen LogP contribution < -0.4 is 9.64 Å². The Morgan fingerprint density at radius 2 is 2.07 bits per heavy atom. The Bertz CT molecular complexity index is 1050. The van der Waals surface area contributed by atoms with Gasteiger partial charge in [0.1, 0.15) is 11.6 Å². The number of amidine groups is 1. The highest BCUT2D eigenvalue weighted by Gasteiger charge is 2.47. The van der Waals surface area contributed by atoms with Gasteiger partial charge in [0.15, 0.2) is 15.0 Å². The van der Waals surface area contributed by atoms with Crippen LogP contribution in [0.5, 0.6) is 5.75 Å². The minimum Gasteiger partial charge on any atom is -0.495 e. The molecule has 0 N–H and O–H groups in total. The topological polar surface area (TPSA) is 59.0 Å². The molecule has 0 aromatic heterocycles. The van der Waals surface area contributed by atoms with Gasteiger partial charge >= 0.3 is 0 Å². The number of anilines is 1. The zero-order valence-electron chi connectivity index (χ0n) is 15.0. The third kappa shape index (κ3) is 3.73. The average molecular weight is 441 g/mol. The van der Waals surface area contributed by atoms with Gasteiger partial charge in [0.05, 0.1) is 36.4 Å². The second kappa shape index (κ2) is 7.57. The van der Waals surface area contributed by atoms with Crippen molar-refractivity contribution in [3.05, 3.63) is 58.9 Å². The molecule has 2 aliphatic rings. The summed E-state index contributed by atoms with van der Waals surface area (Å²) >= 11 is 7.60. The fourth-order valence-electron chi connectivity index (χ4n) is 3.52. The Morgan fingerprint density at radius 1 is 1.29 bits per heavy atom. The Morgan fingerprint density at radius 3 is 2.82 bits per heavy atom. The number of thioether (sulfide) groups is 1. The lowest BCUT2D eigenvalue weighted by molar-refractivity contribution is 0.415. The molecule has 2 aromatic rings. The highest BCUT2D eigenvalue weighted by molar-refractivity contribution is 8.13. The number of nitrogens with zero attached hydrogens (tertiary/aromatic N) is 2. The second-order valence-electron chi connectivity index (χ2n) is 6.69. The van der Waals surface area contributed by atoms with E-state index >= 15 is 0 Å². The number of para-hydroxylation sites is 2. The van der Waals surface area contributed by atoms with Gasteiger partial charge in [-0.15, -0.1) is 0 Å². The molecule has 0 aliphatic carbocycles. The van der Waals surface area contributed by atoms with Crippen LogP contribution in [0.15, 0.2) is 47.5 Å². The largest absolute Gasteiger partial charge is 0.495 e. The van der Waals surface area contributed by atoms with Crippen LogP contribution in [0, 0.1) is 5.82 Å². The van der Waals surface area contributed by atoms with Gasteiger partial charge in [-0.1, -0.05) is 41.6 Å². The predicted octanol–water partition coefficient (Wildman–Crippen LogP) is 3.76. The first-order chi connectivity index (χ1) is 13.4. The molecule has 9 heteroatoms. The first-order valence-corrected chi connectivity index (χ1v) is 11.8. The van der Waals surface area contributed by atoms with Crippen molar-refractivity contribution in [1.82, 2.24) is 0 Å². The lowest BCUT2D eigenvalue weighted by atomic mass is 10.1. The van der Waals surface area contributed by atoms with Gasteiger partial charge in [-0.25, -0.2) is 12.8 Å². The molecular weight excluding hydrogens is 423 g/mol. The molecule has 2 heterocycles. The molecule has 0 bridgehead atoms. The van der Waals surface area contributed by atoms with E-state index in [0.717, 1.165) is 16.4 Å². The van der Waals surface area contributed by atoms with Crippen LogP contribution in [0.25, 0.3) is 0 Å². The maximum absolute atomic E-state index is 13.3. The summed E-state index contributed by atoms with van der Waals surface area (Å²) in [4.78, 5) is 6.65. The van der Waals surface area contributed by atoms with Crippen molar-refractivity contribution in [2.45, 2.75) is 17.8 Å². The van der Waals surface area contributed by atoms with Gasteiger partial charge in [0, 0.05) is 10.8 Å². The molecule has 2 atom stereocenters. The van der Waals surface area contributed by atoms with E-state index in [1.54, 1.807) is 13.2 Å². The number of halogens is 2. The Labute approximate surface area is 172 Å². The van der Waals surface area contributed by atoms with Crippen molar-refractivity contribution in [3.8, 4) is 5.75 Å². The van der Waals surface area contributed by atoms with Gasteiger partial charge in [-0.05, 0) is 29.8 Å². The van der Waals surface area contributed by atoms with Crippen molar-refractivity contribution in [2.24, 2.45) is 4.99 Å². The lowest BCUT2D eigenvalue weighted by Gasteiger charge is -2.28. The van der Waals surface area contributed by atoms with E-state index in [0.29, 0.717) is 16.5 Å². The van der Waals surface area contributed by atoms with E-state index in [9.17, 15) is 12.8 Å². The zero-order valence-corrected chi connectivity index (χ0v) is 17.4. The third-order valence-corrected chi connectivity index (χ3v) is 7.89. The van der Waals surface area contributed by atoms with Crippen LogP contribution in [0.1, 0.15) is 5.56 Å². The van der Waals surface area contributed by atoms with Gasteiger partial charge in [0.25, 0.3) is 0 Å². The molecule has 2 unspecified atom stereocenters. The van der Waals surface area contributed by atoms with Crippen LogP contribution in [0.4, 0.5) is 10.1 Å². The lowest BCUT2D eigenvalue weighted by Crippen LogP contribution is -2.39. The Hall–Kier alpha value is -1.77. The summed E-state index contributed by atoms with van der Waals surface area (Å²) in [6.07, 6.45) is 0. The molecule has 1 saturated heterocycles. The van der Waals surface area contributed by atoms with Gasteiger partial charge in [-0.3, -0.25) is 4.99 Å². The molecule has 0 radical (unpaired) electrons. The first kappa shape index (κ1) is 19.5. The molecule has 2 aliphatic heterocycles.